The van der Waals surface area contributed by atoms with Gasteiger partial charge in [-0.3, -0.25) is 9.59 Å². The predicted octanol–water partition coefficient (Wildman–Crippen LogP) is 3.04. The molecule has 1 saturated heterocycles. The highest BCUT2D eigenvalue weighted by Gasteiger charge is 2.19. The molecular weight excluding hydrogens is 396 g/mol. The number of nitrogens with zero attached hydrogens (tertiary/aromatic N) is 1. The van der Waals surface area contributed by atoms with Crippen molar-refractivity contribution in [1.29, 1.82) is 0 Å². The average Bonchev–Trinajstić information content (AvgIpc) is 2.79. The maximum Gasteiger partial charge on any atom is 0.260 e. The van der Waals surface area contributed by atoms with E-state index in [0.717, 1.165) is 16.7 Å². The molecule has 31 heavy (non-hydrogen) atoms. The molecule has 0 aromatic heterocycles. The fraction of sp³-hybridized carbons (Fsp3) is 0.417. The van der Waals surface area contributed by atoms with Gasteiger partial charge in [-0.05, 0) is 50.1 Å². The fourth-order valence-electron chi connectivity index (χ4n) is 3.56. The minimum atomic E-state index is -0.206. The molecule has 2 amide bonds. The van der Waals surface area contributed by atoms with Crippen molar-refractivity contribution in [1.82, 2.24) is 10.2 Å². The molecule has 3 rings (SSSR count). The Bertz CT molecular complexity index is 938. The number of morpholine rings is 1. The lowest BCUT2D eigenvalue weighted by Gasteiger charge is -2.26. The number of carbonyl (C=O) groups is 2. The van der Waals surface area contributed by atoms with Crippen molar-refractivity contribution in [3.05, 3.63) is 58.7 Å². The Morgan fingerprint density at radius 3 is 2.55 bits per heavy atom. The fourth-order valence-corrected chi connectivity index (χ4v) is 3.56. The van der Waals surface area contributed by atoms with Crippen molar-refractivity contribution >= 4 is 11.8 Å². The van der Waals surface area contributed by atoms with Gasteiger partial charge in [-0.25, -0.2) is 0 Å². The molecule has 0 saturated carbocycles. The first-order valence-electron chi connectivity index (χ1n) is 10.4. The number of hydrogen-bond donors (Lipinski definition) is 1. The summed E-state index contributed by atoms with van der Waals surface area (Å²) in [6.45, 7) is 8.15. The number of hydrogen-bond acceptors (Lipinski definition) is 5. The largest absolute Gasteiger partial charge is 0.493 e. The normalized spacial score (nSPS) is 14.6. The molecule has 1 atom stereocenters. The molecular formula is C24H30N2O5. The monoisotopic (exact) mass is 426 g/mol. The average molecular weight is 427 g/mol. The Labute approximate surface area is 183 Å². The number of carbonyl (C=O) groups excluding carboxylic acids is 2. The highest BCUT2D eigenvalue weighted by atomic mass is 16.5. The van der Waals surface area contributed by atoms with Crippen LogP contribution in [0.3, 0.4) is 0 Å². The zero-order chi connectivity index (χ0) is 22.4. The van der Waals surface area contributed by atoms with Crippen molar-refractivity contribution < 1.29 is 23.8 Å². The molecule has 1 heterocycles. The van der Waals surface area contributed by atoms with E-state index in [4.69, 9.17) is 14.2 Å². The highest BCUT2D eigenvalue weighted by Crippen LogP contribution is 2.28. The first-order chi connectivity index (χ1) is 14.9. The Hall–Kier alpha value is -3.06. The van der Waals surface area contributed by atoms with Gasteiger partial charge >= 0.3 is 0 Å². The van der Waals surface area contributed by atoms with Gasteiger partial charge in [-0.1, -0.05) is 23.8 Å². The third-order valence-electron chi connectivity index (χ3n) is 5.39. The number of rotatable bonds is 7. The van der Waals surface area contributed by atoms with Crippen molar-refractivity contribution in [2.75, 3.05) is 40.0 Å². The van der Waals surface area contributed by atoms with E-state index in [1.807, 2.05) is 20.8 Å². The summed E-state index contributed by atoms with van der Waals surface area (Å²) in [5.74, 6) is 0.516. The van der Waals surface area contributed by atoms with Crippen LogP contribution in [0, 0.1) is 13.8 Å². The quantitative estimate of drug-likeness (QED) is 0.736. The van der Waals surface area contributed by atoms with E-state index in [9.17, 15) is 9.59 Å². The van der Waals surface area contributed by atoms with Gasteiger partial charge in [-0.2, -0.15) is 0 Å². The van der Waals surface area contributed by atoms with Crippen LogP contribution in [0.25, 0.3) is 0 Å². The molecule has 1 fully saturated rings. The molecule has 7 nitrogen and oxygen atoms in total. The number of ether oxygens (including phenoxy) is 3. The van der Waals surface area contributed by atoms with E-state index in [2.05, 4.69) is 23.5 Å². The summed E-state index contributed by atoms with van der Waals surface area (Å²) >= 11 is 0. The number of amides is 2. The zero-order valence-electron chi connectivity index (χ0n) is 18.6. The number of benzene rings is 2. The first kappa shape index (κ1) is 22.6. The van der Waals surface area contributed by atoms with E-state index in [1.165, 1.54) is 7.11 Å². The Balaban J connectivity index is 1.65. The number of aryl methyl sites for hydroxylation is 2. The van der Waals surface area contributed by atoms with E-state index in [1.54, 1.807) is 23.1 Å². The standard InChI is InChI=1S/C24H30N2O5/c1-16-5-6-17(2)20(13-16)18(3)25-24(28)19-7-8-21(22(14-19)29-4)31-15-23(27)26-9-11-30-12-10-26/h5-8,13-14,18H,9-12,15H2,1-4H3,(H,25,28)/t18-/m1/s1. The molecule has 0 unspecified atom stereocenters. The second-order valence-corrected chi connectivity index (χ2v) is 7.70. The summed E-state index contributed by atoms with van der Waals surface area (Å²) in [7, 11) is 1.51. The number of nitrogens with one attached hydrogen (secondary N) is 1. The summed E-state index contributed by atoms with van der Waals surface area (Å²) < 4.78 is 16.3. The maximum absolute atomic E-state index is 12.8. The van der Waals surface area contributed by atoms with Crippen LogP contribution in [0.4, 0.5) is 0 Å². The molecule has 0 spiro atoms. The van der Waals surface area contributed by atoms with Gasteiger partial charge in [-0.15, -0.1) is 0 Å². The third-order valence-corrected chi connectivity index (χ3v) is 5.39. The van der Waals surface area contributed by atoms with Crippen molar-refractivity contribution in [2.24, 2.45) is 0 Å². The van der Waals surface area contributed by atoms with Crippen LogP contribution in [0.2, 0.25) is 0 Å². The van der Waals surface area contributed by atoms with Gasteiger partial charge in [0.1, 0.15) is 0 Å². The Morgan fingerprint density at radius 2 is 1.84 bits per heavy atom. The molecule has 0 bridgehead atoms. The lowest BCUT2D eigenvalue weighted by atomic mass is 9.99. The molecule has 1 aliphatic heterocycles. The highest BCUT2D eigenvalue weighted by molar-refractivity contribution is 5.95. The zero-order valence-corrected chi connectivity index (χ0v) is 18.6. The van der Waals surface area contributed by atoms with Gasteiger partial charge in [0.05, 0.1) is 26.4 Å². The minimum Gasteiger partial charge on any atom is -0.493 e. The van der Waals surface area contributed by atoms with Crippen molar-refractivity contribution in [3.63, 3.8) is 0 Å². The molecule has 2 aromatic rings. The van der Waals surface area contributed by atoms with Crippen LogP contribution in [0.1, 0.15) is 40.0 Å². The van der Waals surface area contributed by atoms with Crippen molar-refractivity contribution in [2.45, 2.75) is 26.8 Å². The minimum absolute atomic E-state index is 0.0917. The van der Waals surface area contributed by atoms with Gasteiger partial charge in [0.15, 0.2) is 18.1 Å². The number of methoxy groups -OCH3 is 1. The maximum atomic E-state index is 12.8. The Kier molecular flexibility index (Phi) is 7.52. The Morgan fingerprint density at radius 1 is 1.10 bits per heavy atom. The summed E-state index contributed by atoms with van der Waals surface area (Å²) in [4.78, 5) is 26.8. The first-order valence-corrected chi connectivity index (χ1v) is 10.4. The van der Waals surface area contributed by atoms with Gasteiger partial charge in [0, 0.05) is 18.7 Å². The van der Waals surface area contributed by atoms with Gasteiger partial charge in [0.2, 0.25) is 0 Å². The van der Waals surface area contributed by atoms with Crippen LogP contribution in [0.15, 0.2) is 36.4 Å². The second-order valence-electron chi connectivity index (χ2n) is 7.70. The van der Waals surface area contributed by atoms with Crippen LogP contribution in [-0.2, 0) is 9.53 Å². The lowest BCUT2D eigenvalue weighted by Crippen LogP contribution is -2.43. The van der Waals surface area contributed by atoms with Crippen LogP contribution >= 0.6 is 0 Å². The summed E-state index contributed by atoms with van der Waals surface area (Å²) in [5.41, 5.74) is 3.82. The second kappa shape index (κ2) is 10.3. The molecule has 1 N–H and O–H groups in total. The third kappa shape index (κ3) is 5.76. The van der Waals surface area contributed by atoms with Crippen LogP contribution in [0.5, 0.6) is 11.5 Å². The molecule has 0 aliphatic carbocycles. The molecule has 166 valence electrons. The van der Waals surface area contributed by atoms with Crippen LogP contribution in [-0.4, -0.2) is 56.7 Å². The summed E-state index contributed by atoms with van der Waals surface area (Å²) in [6, 6.07) is 11.0. The summed E-state index contributed by atoms with van der Waals surface area (Å²) in [6.07, 6.45) is 0. The molecule has 2 aromatic carbocycles. The van der Waals surface area contributed by atoms with E-state index >= 15 is 0 Å². The topological polar surface area (TPSA) is 77.1 Å². The van der Waals surface area contributed by atoms with Gasteiger partial charge < -0.3 is 24.4 Å². The lowest BCUT2D eigenvalue weighted by molar-refractivity contribution is -0.137. The molecule has 7 heteroatoms. The van der Waals surface area contributed by atoms with Crippen molar-refractivity contribution in [3.8, 4) is 11.5 Å². The van der Waals surface area contributed by atoms with E-state index < -0.39 is 0 Å². The molecule has 1 aliphatic rings. The van der Waals surface area contributed by atoms with E-state index in [0.29, 0.717) is 43.4 Å². The summed E-state index contributed by atoms with van der Waals surface area (Å²) in [5, 5.41) is 3.04. The molecule has 0 radical (unpaired) electrons. The van der Waals surface area contributed by atoms with Crippen LogP contribution < -0.4 is 14.8 Å². The van der Waals surface area contributed by atoms with Gasteiger partial charge in [0.25, 0.3) is 11.8 Å². The van der Waals surface area contributed by atoms with E-state index in [-0.39, 0.29) is 24.5 Å². The smallest absolute Gasteiger partial charge is 0.260 e. The SMILES string of the molecule is COc1cc(C(=O)N[C@H](C)c2cc(C)ccc2C)ccc1OCC(=O)N1CCOCC1. The predicted molar refractivity (Wildman–Crippen MR) is 118 cm³/mol.